The second kappa shape index (κ2) is 9.55. The molecule has 7 heteroatoms. The molecular weight excluding hydrogens is 396 g/mol. The third-order valence-corrected chi connectivity index (χ3v) is 6.37. The van der Waals surface area contributed by atoms with Crippen molar-refractivity contribution in [2.24, 2.45) is 5.92 Å². The predicted molar refractivity (Wildman–Crippen MR) is 120 cm³/mol. The first-order chi connectivity index (χ1) is 14.6. The van der Waals surface area contributed by atoms with E-state index >= 15 is 0 Å². The molecule has 1 aliphatic rings. The van der Waals surface area contributed by atoms with Crippen LogP contribution in [0.2, 0.25) is 0 Å². The van der Waals surface area contributed by atoms with Crippen LogP contribution in [0.5, 0.6) is 0 Å². The third kappa shape index (κ3) is 4.64. The van der Waals surface area contributed by atoms with Crippen LogP contribution in [0.25, 0.3) is 16.3 Å². The number of benzene rings is 1. The number of morpholine rings is 1. The Balaban J connectivity index is 1.56. The van der Waals surface area contributed by atoms with Gasteiger partial charge in [0.2, 0.25) is 0 Å². The number of carbonyl (C=O) groups is 1. The van der Waals surface area contributed by atoms with Gasteiger partial charge in [-0.2, -0.15) is 5.10 Å². The number of carbonyl (C=O) groups excluding carboxylic acids is 1. The van der Waals surface area contributed by atoms with E-state index in [1.165, 1.54) is 0 Å². The van der Waals surface area contributed by atoms with Gasteiger partial charge in [0, 0.05) is 31.9 Å². The second-order valence-corrected chi connectivity index (χ2v) is 8.77. The van der Waals surface area contributed by atoms with Crippen molar-refractivity contribution in [2.45, 2.75) is 19.9 Å². The van der Waals surface area contributed by atoms with Gasteiger partial charge in [-0.05, 0) is 29.5 Å². The van der Waals surface area contributed by atoms with E-state index in [-0.39, 0.29) is 11.9 Å². The van der Waals surface area contributed by atoms with Crippen molar-refractivity contribution in [2.75, 3.05) is 32.8 Å². The molecule has 1 aromatic carbocycles. The van der Waals surface area contributed by atoms with E-state index in [0.29, 0.717) is 18.0 Å². The second-order valence-electron chi connectivity index (χ2n) is 7.82. The molecule has 1 fully saturated rings. The number of rotatable bonds is 7. The van der Waals surface area contributed by atoms with Crippen LogP contribution in [0.15, 0.2) is 54.0 Å². The number of nitrogens with zero attached hydrogens (tertiary/aromatic N) is 3. The van der Waals surface area contributed by atoms with Crippen molar-refractivity contribution in [3.05, 3.63) is 59.6 Å². The molecule has 4 rings (SSSR count). The Labute approximate surface area is 181 Å². The maximum atomic E-state index is 13.2. The molecule has 1 N–H and O–H groups in total. The molecule has 1 amide bonds. The zero-order valence-electron chi connectivity index (χ0n) is 17.5. The highest BCUT2D eigenvalue weighted by Crippen LogP contribution is 2.28. The Morgan fingerprint density at radius 2 is 1.93 bits per heavy atom. The number of para-hydroxylation sites is 1. The fourth-order valence-corrected chi connectivity index (χ4v) is 4.56. The molecule has 0 saturated carbocycles. The zero-order chi connectivity index (χ0) is 20.9. The molecule has 158 valence electrons. The Kier molecular flexibility index (Phi) is 6.62. The molecule has 0 aliphatic carbocycles. The van der Waals surface area contributed by atoms with E-state index in [1.807, 2.05) is 54.0 Å². The highest BCUT2D eigenvalue weighted by atomic mass is 32.1. The van der Waals surface area contributed by atoms with Crippen LogP contribution >= 0.6 is 11.3 Å². The van der Waals surface area contributed by atoms with Crippen molar-refractivity contribution >= 4 is 17.2 Å². The molecule has 3 heterocycles. The van der Waals surface area contributed by atoms with Gasteiger partial charge in [0.1, 0.15) is 5.69 Å². The highest BCUT2D eigenvalue weighted by Gasteiger charge is 2.26. The summed E-state index contributed by atoms with van der Waals surface area (Å²) in [4.78, 5) is 16.6. The van der Waals surface area contributed by atoms with Crippen LogP contribution in [-0.4, -0.2) is 59.5 Å². The lowest BCUT2D eigenvalue weighted by molar-refractivity contribution is 0.00673. The number of nitrogens with one attached hydrogen (secondary N) is 1. The number of hydrogen-bond acceptors (Lipinski definition) is 5. The van der Waals surface area contributed by atoms with E-state index in [2.05, 4.69) is 24.1 Å². The molecular formula is C23H28N4O2S. The van der Waals surface area contributed by atoms with Crippen LogP contribution in [0, 0.1) is 5.92 Å². The molecule has 1 atom stereocenters. The van der Waals surface area contributed by atoms with E-state index in [4.69, 9.17) is 9.84 Å². The number of hydrogen-bond donors (Lipinski definition) is 1. The molecule has 0 radical (unpaired) electrons. The molecule has 30 heavy (non-hydrogen) atoms. The fraction of sp³-hybridized carbons (Fsp3) is 0.391. The van der Waals surface area contributed by atoms with E-state index < -0.39 is 0 Å². The largest absolute Gasteiger partial charge is 0.379 e. The maximum absolute atomic E-state index is 13.2. The minimum absolute atomic E-state index is 0.0838. The van der Waals surface area contributed by atoms with Crippen LogP contribution in [0.3, 0.4) is 0 Å². The van der Waals surface area contributed by atoms with Crippen molar-refractivity contribution in [3.63, 3.8) is 0 Å². The number of aromatic nitrogens is 2. The molecule has 3 aromatic rings. The summed E-state index contributed by atoms with van der Waals surface area (Å²) < 4.78 is 7.27. The first-order valence-corrected chi connectivity index (χ1v) is 11.3. The molecule has 0 spiro atoms. The summed E-state index contributed by atoms with van der Waals surface area (Å²) in [6.07, 6.45) is 1.83. The van der Waals surface area contributed by atoms with Gasteiger partial charge in [-0.3, -0.25) is 9.69 Å². The Hall–Kier alpha value is -2.48. The summed E-state index contributed by atoms with van der Waals surface area (Å²) in [5.41, 5.74) is 2.26. The minimum Gasteiger partial charge on any atom is -0.379 e. The maximum Gasteiger partial charge on any atom is 0.255 e. The van der Waals surface area contributed by atoms with Crippen molar-refractivity contribution in [1.82, 2.24) is 20.0 Å². The van der Waals surface area contributed by atoms with Crippen LogP contribution in [0.4, 0.5) is 0 Å². The lowest BCUT2D eigenvalue weighted by atomic mass is 10.0. The monoisotopic (exact) mass is 424 g/mol. The highest BCUT2D eigenvalue weighted by molar-refractivity contribution is 7.13. The average molecular weight is 425 g/mol. The van der Waals surface area contributed by atoms with Gasteiger partial charge in [-0.25, -0.2) is 4.68 Å². The molecule has 0 unspecified atom stereocenters. The summed E-state index contributed by atoms with van der Waals surface area (Å²) in [5.74, 6) is 0.353. The SMILES string of the molecule is CC(C)[C@H](CNC(=O)c1cn(-c2ccccc2)nc1-c1cccs1)N1CCOCC1. The van der Waals surface area contributed by atoms with Gasteiger partial charge in [0.25, 0.3) is 5.91 Å². The van der Waals surface area contributed by atoms with Gasteiger partial charge >= 0.3 is 0 Å². The number of ether oxygens (including phenoxy) is 1. The van der Waals surface area contributed by atoms with Crippen molar-refractivity contribution in [3.8, 4) is 16.3 Å². The van der Waals surface area contributed by atoms with Crippen molar-refractivity contribution < 1.29 is 9.53 Å². The Bertz CT molecular complexity index is 947. The lowest BCUT2D eigenvalue weighted by Gasteiger charge is -2.36. The van der Waals surface area contributed by atoms with Crippen LogP contribution in [-0.2, 0) is 4.74 Å². The van der Waals surface area contributed by atoms with E-state index in [9.17, 15) is 4.79 Å². The van der Waals surface area contributed by atoms with E-state index in [0.717, 1.165) is 42.6 Å². The van der Waals surface area contributed by atoms with Gasteiger partial charge in [-0.15, -0.1) is 11.3 Å². The van der Waals surface area contributed by atoms with Crippen molar-refractivity contribution in [1.29, 1.82) is 0 Å². The fourth-order valence-electron chi connectivity index (χ4n) is 3.84. The smallest absolute Gasteiger partial charge is 0.255 e. The summed E-state index contributed by atoms with van der Waals surface area (Å²) in [7, 11) is 0. The molecule has 1 saturated heterocycles. The van der Waals surface area contributed by atoms with Gasteiger partial charge in [-0.1, -0.05) is 38.1 Å². The van der Waals surface area contributed by atoms with Gasteiger partial charge < -0.3 is 10.1 Å². The quantitative estimate of drug-likeness (QED) is 0.629. The summed E-state index contributed by atoms with van der Waals surface area (Å²) in [5, 5.41) is 9.92. The Morgan fingerprint density at radius 1 is 1.17 bits per heavy atom. The summed E-state index contributed by atoms with van der Waals surface area (Å²) in [6, 6.07) is 14.2. The average Bonchev–Trinajstić information content (AvgIpc) is 3.45. The Morgan fingerprint density at radius 3 is 2.60 bits per heavy atom. The first-order valence-electron chi connectivity index (χ1n) is 10.4. The normalized spacial score (nSPS) is 16.0. The zero-order valence-corrected chi connectivity index (χ0v) is 18.3. The minimum atomic E-state index is -0.0838. The van der Waals surface area contributed by atoms with Gasteiger partial charge in [0.05, 0.1) is 29.3 Å². The molecule has 0 bridgehead atoms. The summed E-state index contributed by atoms with van der Waals surface area (Å²) >= 11 is 1.59. The lowest BCUT2D eigenvalue weighted by Crippen LogP contribution is -2.51. The first kappa shape index (κ1) is 20.8. The van der Waals surface area contributed by atoms with Crippen LogP contribution in [0.1, 0.15) is 24.2 Å². The van der Waals surface area contributed by atoms with Crippen LogP contribution < -0.4 is 5.32 Å². The standard InChI is InChI=1S/C23H28N4O2S/c1-17(2)20(26-10-12-29-13-11-26)15-24-23(28)19-16-27(18-7-4-3-5-8-18)25-22(19)21-9-6-14-30-21/h3-9,14,16-17,20H,10-13,15H2,1-2H3,(H,24,28)/t20-/m0/s1. The predicted octanol–water partition coefficient (Wildman–Crippen LogP) is 3.69. The number of amides is 1. The topological polar surface area (TPSA) is 59.4 Å². The number of thiophene rings is 1. The molecule has 1 aliphatic heterocycles. The molecule has 2 aromatic heterocycles. The molecule has 6 nitrogen and oxygen atoms in total. The third-order valence-electron chi connectivity index (χ3n) is 5.49. The van der Waals surface area contributed by atoms with E-state index in [1.54, 1.807) is 16.0 Å². The van der Waals surface area contributed by atoms with Gasteiger partial charge in [0.15, 0.2) is 0 Å². The summed E-state index contributed by atoms with van der Waals surface area (Å²) in [6.45, 7) is 8.34.